The van der Waals surface area contributed by atoms with Crippen molar-refractivity contribution in [2.24, 2.45) is 0 Å². The number of carbonyl (C=O) groups is 2. The highest BCUT2D eigenvalue weighted by molar-refractivity contribution is 7.92. The zero-order valence-corrected chi connectivity index (χ0v) is 18.0. The van der Waals surface area contributed by atoms with E-state index in [9.17, 15) is 22.4 Å². The van der Waals surface area contributed by atoms with Crippen LogP contribution in [0, 0.1) is 5.82 Å². The molecule has 0 spiro atoms. The molecule has 4 rings (SSSR count). The molecule has 1 heterocycles. The van der Waals surface area contributed by atoms with E-state index < -0.39 is 32.6 Å². The molecule has 1 aliphatic rings. The number of hydrogen-bond acceptors (Lipinski definition) is 5. The number of ether oxygens (including phenoxy) is 1. The van der Waals surface area contributed by atoms with E-state index in [0.717, 1.165) is 0 Å². The Bertz CT molecular complexity index is 1260. The molecule has 1 amide bonds. The van der Waals surface area contributed by atoms with Gasteiger partial charge in [0.05, 0.1) is 17.6 Å². The lowest BCUT2D eigenvalue weighted by molar-refractivity contribution is 0.0655. The molecule has 3 aromatic rings. The Kier molecular flexibility index (Phi) is 5.80. The summed E-state index contributed by atoms with van der Waals surface area (Å²) in [5.74, 6) is -0.735. The molecule has 3 aromatic carbocycles. The van der Waals surface area contributed by atoms with Crippen LogP contribution in [0.25, 0.3) is 0 Å². The molecular weight excluding hydrogens is 433 g/mol. The second-order valence-corrected chi connectivity index (χ2v) is 9.66. The Morgan fingerprint density at radius 3 is 2.09 bits per heavy atom. The molecule has 1 fully saturated rings. The lowest BCUT2D eigenvalue weighted by atomic mass is 9.97. The lowest BCUT2D eigenvalue weighted by Gasteiger charge is -2.38. The summed E-state index contributed by atoms with van der Waals surface area (Å²) in [5, 5.41) is -0.722. The number of hydrogen-bond donors (Lipinski definition) is 0. The van der Waals surface area contributed by atoms with Gasteiger partial charge in [-0.2, -0.15) is 0 Å². The Balaban J connectivity index is 1.51. The fourth-order valence-electron chi connectivity index (χ4n) is 3.55. The van der Waals surface area contributed by atoms with E-state index in [1.54, 1.807) is 24.3 Å². The van der Waals surface area contributed by atoms with Crippen molar-refractivity contribution in [3.63, 3.8) is 0 Å². The third-order valence-electron chi connectivity index (χ3n) is 5.47. The number of likely N-dealkylation sites (tertiary alicyclic amines) is 1. The summed E-state index contributed by atoms with van der Waals surface area (Å²) in [6.07, 6.45) is 0. The van der Waals surface area contributed by atoms with Gasteiger partial charge in [0, 0.05) is 24.2 Å². The number of rotatable bonds is 6. The number of amides is 1. The molecule has 0 N–H and O–H groups in total. The van der Waals surface area contributed by atoms with Crippen molar-refractivity contribution >= 4 is 21.5 Å². The third-order valence-corrected chi connectivity index (χ3v) is 7.58. The van der Waals surface area contributed by atoms with Crippen LogP contribution < -0.4 is 4.74 Å². The molecule has 0 radical (unpaired) electrons. The smallest absolute Gasteiger partial charge is 0.254 e. The normalized spacial score (nSPS) is 14.0. The number of nitrogens with zero attached hydrogens (tertiary/aromatic N) is 1. The standard InChI is InChI=1S/C24H20FNO5S/c1-31-18-10-12-19(13-11-18)32(29,30)20-14-26(15-20)24(28)22-5-3-2-4-21(22)23(27)16-6-8-17(25)9-7-16/h2-13,20H,14-15H2,1H3. The molecule has 164 valence electrons. The van der Waals surface area contributed by atoms with E-state index in [4.69, 9.17) is 4.74 Å². The number of benzene rings is 3. The number of sulfone groups is 1. The molecule has 1 saturated heterocycles. The van der Waals surface area contributed by atoms with E-state index in [-0.39, 0.29) is 34.7 Å². The molecule has 32 heavy (non-hydrogen) atoms. The lowest BCUT2D eigenvalue weighted by Crippen LogP contribution is -2.57. The van der Waals surface area contributed by atoms with Crippen LogP contribution in [-0.4, -0.2) is 50.5 Å². The first-order valence-electron chi connectivity index (χ1n) is 9.88. The van der Waals surface area contributed by atoms with Gasteiger partial charge in [-0.15, -0.1) is 0 Å². The SMILES string of the molecule is COc1ccc(S(=O)(=O)C2CN(C(=O)c3ccccc3C(=O)c3ccc(F)cc3)C2)cc1. The topological polar surface area (TPSA) is 80.8 Å². The average molecular weight is 453 g/mol. The molecule has 0 atom stereocenters. The maximum atomic E-state index is 13.2. The Morgan fingerprint density at radius 2 is 1.50 bits per heavy atom. The van der Waals surface area contributed by atoms with E-state index in [0.29, 0.717) is 5.75 Å². The number of carbonyl (C=O) groups excluding carboxylic acids is 2. The summed E-state index contributed by atoms with van der Waals surface area (Å²) < 4.78 is 43.9. The van der Waals surface area contributed by atoms with Gasteiger partial charge in [0.25, 0.3) is 5.91 Å². The van der Waals surface area contributed by atoms with Crippen LogP contribution in [-0.2, 0) is 9.84 Å². The van der Waals surface area contributed by atoms with Gasteiger partial charge in [-0.25, -0.2) is 12.8 Å². The van der Waals surface area contributed by atoms with E-state index in [1.807, 2.05) is 0 Å². The van der Waals surface area contributed by atoms with E-state index in [2.05, 4.69) is 0 Å². The molecule has 6 nitrogen and oxygen atoms in total. The molecular formula is C24H20FNO5S. The van der Waals surface area contributed by atoms with Crippen molar-refractivity contribution in [1.82, 2.24) is 4.90 Å². The first-order chi connectivity index (χ1) is 15.3. The van der Waals surface area contributed by atoms with Gasteiger partial charge >= 0.3 is 0 Å². The molecule has 0 aliphatic carbocycles. The molecule has 8 heteroatoms. The van der Waals surface area contributed by atoms with Gasteiger partial charge in [-0.1, -0.05) is 18.2 Å². The Hall–Kier alpha value is -3.52. The van der Waals surface area contributed by atoms with Crippen molar-refractivity contribution in [1.29, 1.82) is 0 Å². The average Bonchev–Trinajstić information content (AvgIpc) is 2.78. The van der Waals surface area contributed by atoms with Gasteiger partial charge in [0.15, 0.2) is 15.6 Å². The quantitative estimate of drug-likeness (QED) is 0.535. The number of methoxy groups -OCH3 is 1. The first-order valence-corrected chi connectivity index (χ1v) is 11.4. The minimum atomic E-state index is -3.60. The van der Waals surface area contributed by atoms with Crippen LogP contribution in [0.4, 0.5) is 4.39 Å². The maximum absolute atomic E-state index is 13.2. The van der Waals surface area contributed by atoms with Crippen molar-refractivity contribution in [3.05, 3.63) is 95.3 Å². The fraction of sp³-hybridized carbons (Fsp3) is 0.167. The van der Waals surface area contributed by atoms with Crippen molar-refractivity contribution < 1.29 is 27.1 Å². The van der Waals surface area contributed by atoms with Crippen LogP contribution >= 0.6 is 0 Å². The monoisotopic (exact) mass is 453 g/mol. The van der Waals surface area contributed by atoms with Crippen molar-refractivity contribution in [2.45, 2.75) is 10.1 Å². The van der Waals surface area contributed by atoms with Gasteiger partial charge in [-0.05, 0) is 54.6 Å². The molecule has 1 aliphatic heterocycles. The van der Waals surface area contributed by atoms with Gasteiger partial charge < -0.3 is 9.64 Å². The zero-order valence-electron chi connectivity index (χ0n) is 17.2. The van der Waals surface area contributed by atoms with Crippen molar-refractivity contribution in [3.8, 4) is 5.75 Å². The highest BCUT2D eigenvalue weighted by Crippen LogP contribution is 2.27. The summed E-state index contributed by atoms with van der Waals surface area (Å²) in [5.41, 5.74) is 0.628. The van der Waals surface area contributed by atoms with Gasteiger partial charge in [-0.3, -0.25) is 9.59 Å². The van der Waals surface area contributed by atoms with Crippen LogP contribution in [0.2, 0.25) is 0 Å². The largest absolute Gasteiger partial charge is 0.497 e. The van der Waals surface area contributed by atoms with Crippen LogP contribution in [0.5, 0.6) is 5.75 Å². The first kappa shape index (κ1) is 21.7. The maximum Gasteiger partial charge on any atom is 0.254 e. The Labute approximate surface area is 185 Å². The second-order valence-electron chi connectivity index (χ2n) is 7.43. The molecule has 0 unspecified atom stereocenters. The highest BCUT2D eigenvalue weighted by Gasteiger charge is 2.41. The third kappa shape index (κ3) is 4.01. The zero-order chi connectivity index (χ0) is 22.9. The van der Waals surface area contributed by atoms with Gasteiger partial charge in [0.1, 0.15) is 16.8 Å². The summed E-state index contributed by atoms with van der Waals surface area (Å²) in [6.45, 7) is 0.0680. The van der Waals surface area contributed by atoms with E-state index in [1.165, 1.54) is 60.5 Å². The van der Waals surface area contributed by atoms with Crippen LogP contribution in [0.1, 0.15) is 26.3 Å². The predicted molar refractivity (Wildman–Crippen MR) is 116 cm³/mol. The Morgan fingerprint density at radius 1 is 0.906 bits per heavy atom. The van der Waals surface area contributed by atoms with Gasteiger partial charge in [0.2, 0.25) is 0 Å². The summed E-state index contributed by atoms with van der Waals surface area (Å²) >= 11 is 0. The molecule has 0 saturated carbocycles. The minimum Gasteiger partial charge on any atom is -0.497 e. The fourth-order valence-corrected chi connectivity index (χ4v) is 5.21. The highest BCUT2D eigenvalue weighted by atomic mass is 32.2. The van der Waals surface area contributed by atoms with Crippen molar-refractivity contribution in [2.75, 3.05) is 20.2 Å². The molecule has 0 bridgehead atoms. The predicted octanol–water partition coefficient (Wildman–Crippen LogP) is 3.36. The summed E-state index contributed by atoms with van der Waals surface area (Å²) in [4.78, 5) is 27.5. The minimum absolute atomic E-state index is 0.0340. The summed E-state index contributed by atoms with van der Waals surface area (Å²) in [6, 6.07) is 17.5. The van der Waals surface area contributed by atoms with Crippen LogP contribution in [0.15, 0.2) is 77.7 Å². The number of ketones is 1. The van der Waals surface area contributed by atoms with Crippen LogP contribution in [0.3, 0.4) is 0 Å². The van der Waals surface area contributed by atoms with E-state index >= 15 is 0 Å². The molecule has 0 aromatic heterocycles. The second kappa shape index (κ2) is 8.55. The summed E-state index contributed by atoms with van der Waals surface area (Å²) in [7, 11) is -2.10. The number of halogens is 1.